The highest BCUT2D eigenvalue weighted by atomic mass is 14.2. The molecule has 0 saturated carbocycles. The molecule has 0 heteroatoms. The summed E-state index contributed by atoms with van der Waals surface area (Å²) in [6.45, 7) is 13.7. The lowest BCUT2D eigenvalue weighted by atomic mass is 9.83. The van der Waals surface area contributed by atoms with Gasteiger partial charge in [0, 0.05) is 0 Å². The van der Waals surface area contributed by atoms with E-state index in [1.54, 1.807) is 0 Å². The third-order valence-electron chi connectivity index (χ3n) is 12.0. The topological polar surface area (TPSA) is 0 Å². The zero-order valence-corrected chi connectivity index (χ0v) is 32.9. The average Bonchev–Trinajstić information content (AvgIpc) is 3.24. The Morgan fingerprint density at radius 1 is 0.259 bits per heavy atom. The van der Waals surface area contributed by atoms with E-state index in [1.165, 1.54) is 110 Å². The van der Waals surface area contributed by atoms with E-state index in [1.807, 2.05) is 0 Å². The molecular weight excluding hydrogens is 649 g/mol. The summed E-state index contributed by atoms with van der Waals surface area (Å²) in [4.78, 5) is 0. The van der Waals surface area contributed by atoms with Gasteiger partial charge in [-0.2, -0.15) is 0 Å². The molecule has 0 bridgehead atoms. The van der Waals surface area contributed by atoms with E-state index in [9.17, 15) is 0 Å². The molecule has 0 radical (unpaired) electrons. The molecule has 8 rings (SSSR count). The second kappa shape index (κ2) is 15.1. The molecule has 54 heavy (non-hydrogen) atoms. The van der Waals surface area contributed by atoms with Crippen molar-refractivity contribution in [3.63, 3.8) is 0 Å². The monoisotopic (exact) mass is 700 g/mol. The van der Waals surface area contributed by atoms with Gasteiger partial charge < -0.3 is 0 Å². The highest BCUT2D eigenvalue weighted by molar-refractivity contribution is 6.15. The van der Waals surface area contributed by atoms with Crippen molar-refractivity contribution in [3.05, 3.63) is 167 Å². The van der Waals surface area contributed by atoms with Crippen LogP contribution in [0.15, 0.2) is 133 Å². The smallest absolute Gasteiger partial charge is 0.00987 e. The van der Waals surface area contributed by atoms with Crippen LogP contribution in [0.4, 0.5) is 0 Å². The van der Waals surface area contributed by atoms with E-state index < -0.39 is 0 Å². The molecule has 8 aromatic carbocycles. The SMILES string of the molecule is CCc1cc(CC)c(-c2ccc(-c3ccc(-c4ccc(-c5c(CC)cc(CC)cc5CC)c5ccccc45)c4ccccc34)c3ccccc23)c(CC)c1. The van der Waals surface area contributed by atoms with Crippen LogP contribution in [0, 0.1) is 0 Å². The summed E-state index contributed by atoms with van der Waals surface area (Å²) in [5.74, 6) is 0. The fourth-order valence-electron chi connectivity index (χ4n) is 9.17. The molecule has 0 unspecified atom stereocenters. The number of aryl methyl sites for hydroxylation is 6. The van der Waals surface area contributed by atoms with E-state index in [2.05, 4.69) is 175 Å². The second-order valence-corrected chi connectivity index (χ2v) is 14.8. The lowest BCUT2D eigenvalue weighted by Gasteiger charge is -2.21. The molecule has 0 nitrogen and oxygen atoms in total. The number of rotatable bonds is 10. The minimum atomic E-state index is 1.03. The van der Waals surface area contributed by atoms with Crippen molar-refractivity contribution < 1.29 is 0 Å². The molecule has 0 saturated heterocycles. The first-order valence-electron chi connectivity index (χ1n) is 20.4. The van der Waals surface area contributed by atoms with Gasteiger partial charge in [0.05, 0.1) is 0 Å². The molecule has 0 fully saturated rings. The molecule has 0 spiro atoms. The Labute approximate surface area is 322 Å². The highest BCUT2D eigenvalue weighted by Crippen LogP contribution is 2.45. The van der Waals surface area contributed by atoms with Gasteiger partial charge in [0.1, 0.15) is 0 Å². The Bertz CT molecular complexity index is 2430. The van der Waals surface area contributed by atoms with Crippen LogP contribution in [0.5, 0.6) is 0 Å². The van der Waals surface area contributed by atoms with Gasteiger partial charge in [0.25, 0.3) is 0 Å². The van der Waals surface area contributed by atoms with Crippen LogP contribution in [-0.2, 0) is 38.5 Å². The van der Waals surface area contributed by atoms with Crippen molar-refractivity contribution in [3.8, 4) is 44.5 Å². The summed E-state index contributed by atoms with van der Waals surface area (Å²) < 4.78 is 0. The Kier molecular flexibility index (Phi) is 9.95. The molecule has 8 aromatic rings. The van der Waals surface area contributed by atoms with Crippen molar-refractivity contribution in [1.82, 2.24) is 0 Å². The molecule has 268 valence electrons. The van der Waals surface area contributed by atoms with Gasteiger partial charge in [-0.1, -0.05) is 175 Å². The molecule has 0 aromatic heterocycles. The maximum Gasteiger partial charge on any atom is -0.00987 e. The summed E-state index contributed by atoms with van der Waals surface area (Å²) in [6.07, 6.45) is 6.24. The van der Waals surface area contributed by atoms with E-state index in [-0.39, 0.29) is 0 Å². The van der Waals surface area contributed by atoms with Crippen LogP contribution in [0.2, 0.25) is 0 Å². The Morgan fingerprint density at radius 3 is 0.704 bits per heavy atom. The first-order valence-corrected chi connectivity index (χ1v) is 20.4. The number of hydrogen-bond acceptors (Lipinski definition) is 0. The fourth-order valence-corrected chi connectivity index (χ4v) is 9.17. The third kappa shape index (κ3) is 6.03. The quantitative estimate of drug-likeness (QED) is 0.133. The van der Waals surface area contributed by atoms with Crippen molar-refractivity contribution in [1.29, 1.82) is 0 Å². The number of benzene rings is 8. The van der Waals surface area contributed by atoms with E-state index in [4.69, 9.17) is 0 Å². The summed E-state index contributed by atoms with van der Waals surface area (Å²) in [7, 11) is 0. The average molecular weight is 701 g/mol. The maximum absolute atomic E-state index is 2.44. The van der Waals surface area contributed by atoms with Gasteiger partial charge in [0.2, 0.25) is 0 Å². The van der Waals surface area contributed by atoms with Gasteiger partial charge >= 0.3 is 0 Å². The summed E-state index contributed by atoms with van der Waals surface area (Å²) >= 11 is 0. The molecule has 0 heterocycles. The van der Waals surface area contributed by atoms with Crippen molar-refractivity contribution in [2.45, 2.75) is 80.1 Å². The Morgan fingerprint density at radius 2 is 0.481 bits per heavy atom. The van der Waals surface area contributed by atoms with Crippen molar-refractivity contribution >= 4 is 32.3 Å². The summed E-state index contributed by atoms with van der Waals surface area (Å²) in [5, 5.41) is 7.83. The Hall–Kier alpha value is -5.46. The molecule has 0 aliphatic rings. The zero-order valence-electron chi connectivity index (χ0n) is 32.9. The lowest BCUT2D eigenvalue weighted by molar-refractivity contribution is 1.05. The largest absolute Gasteiger partial charge is 0.0616 e. The van der Waals surface area contributed by atoms with E-state index in [0.29, 0.717) is 0 Å². The van der Waals surface area contributed by atoms with Crippen LogP contribution in [0.3, 0.4) is 0 Å². The van der Waals surface area contributed by atoms with Crippen molar-refractivity contribution in [2.24, 2.45) is 0 Å². The van der Waals surface area contributed by atoms with Gasteiger partial charge in [0.15, 0.2) is 0 Å². The predicted molar refractivity (Wildman–Crippen MR) is 237 cm³/mol. The van der Waals surface area contributed by atoms with E-state index in [0.717, 1.165) is 38.5 Å². The minimum absolute atomic E-state index is 1.03. The molecule has 0 aliphatic heterocycles. The van der Waals surface area contributed by atoms with Crippen molar-refractivity contribution in [2.75, 3.05) is 0 Å². The second-order valence-electron chi connectivity index (χ2n) is 14.8. The molecule has 0 N–H and O–H groups in total. The molecule has 0 atom stereocenters. The molecule has 0 aliphatic carbocycles. The van der Waals surface area contributed by atoms with Gasteiger partial charge in [-0.3, -0.25) is 0 Å². The lowest BCUT2D eigenvalue weighted by Crippen LogP contribution is -1.99. The highest BCUT2D eigenvalue weighted by Gasteiger charge is 2.20. The first-order chi connectivity index (χ1) is 26.5. The standard InChI is InChI=1S/C54H52/c1-7-35-31-37(9-3)53(38(10-4)32-35)51-29-27-49(43-21-15-17-23-45(43)51)47-25-26-48(42-20-14-13-19-41(42)47)50-28-30-52(46-24-18-16-22-44(46)50)54-39(11-5)33-36(8-2)34-40(54)12-6/h13-34H,7-12H2,1-6H3. The van der Waals surface area contributed by atoms with Crippen LogP contribution in [-0.4, -0.2) is 0 Å². The first kappa shape index (κ1) is 35.6. The zero-order chi connectivity index (χ0) is 37.3. The number of fused-ring (bicyclic) bond motifs is 3. The third-order valence-corrected chi connectivity index (χ3v) is 12.0. The Balaban J connectivity index is 1.32. The molecule has 0 amide bonds. The maximum atomic E-state index is 2.44. The summed E-state index contributed by atoms with van der Waals surface area (Å²) in [5.41, 5.74) is 19.3. The van der Waals surface area contributed by atoms with Gasteiger partial charge in [-0.05, 0) is 149 Å². The fraction of sp³-hybridized carbons (Fsp3) is 0.222. The van der Waals surface area contributed by atoms with Gasteiger partial charge in [-0.25, -0.2) is 0 Å². The molecular formula is C54H52. The van der Waals surface area contributed by atoms with Gasteiger partial charge in [-0.15, -0.1) is 0 Å². The predicted octanol–water partition coefficient (Wildman–Crippen LogP) is 15.2. The van der Waals surface area contributed by atoms with Crippen LogP contribution in [0.25, 0.3) is 76.8 Å². The van der Waals surface area contributed by atoms with Crippen LogP contribution in [0.1, 0.15) is 74.9 Å². The normalized spacial score (nSPS) is 11.6. The number of hydrogen-bond donors (Lipinski definition) is 0. The van der Waals surface area contributed by atoms with E-state index >= 15 is 0 Å². The van der Waals surface area contributed by atoms with Crippen LogP contribution >= 0.6 is 0 Å². The van der Waals surface area contributed by atoms with Crippen LogP contribution < -0.4 is 0 Å². The summed E-state index contributed by atoms with van der Waals surface area (Å²) in [6, 6.07) is 51.2. The minimum Gasteiger partial charge on any atom is -0.0616 e.